The molecule has 1 aliphatic carbocycles. The molecule has 3 unspecified atom stereocenters. The van der Waals surface area contributed by atoms with Gasteiger partial charge in [0.05, 0.1) is 6.10 Å². The normalized spacial score (nSPS) is 32.5. The topological polar surface area (TPSA) is 61.0 Å². The highest BCUT2D eigenvalue weighted by Gasteiger charge is 2.27. The summed E-state index contributed by atoms with van der Waals surface area (Å²) < 4.78 is 5.81. The second-order valence-electron chi connectivity index (χ2n) is 5.14. The molecule has 0 amide bonds. The van der Waals surface area contributed by atoms with Gasteiger partial charge in [-0.1, -0.05) is 0 Å². The lowest BCUT2D eigenvalue weighted by Gasteiger charge is -2.22. The Hall–Kier alpha value is -1.00. The molecule has 1 saturated heterocycles. The van der Waals surface area contributed by atoms with Gasteiger partial charge in [-0.3, -0.25) is 0 Å². The van der Waals surface area contributed by atoms with E-state index in [9.17, 15) is 0 Å². The Morgan fingerprint density at radius 3 is 3.00 bits per heavy atom. The fourth-order valence-corrected chi connectivity index (χ4v) is 2.74. The maximum Gasteiger partial charge on any atom is 0.157 e. The minimum Gasteiger partial charge on any atom is -0.367 e. The van der Waals surface area contributed by atoms with Gasteiger partial charge in [-0.25, -0.2) is 9.97 Å². The van der Waals surface area contributed by atoms with E-state index >= 15 is 0 Å². The van der Waals surface area contributed by atoms with Crippen molar-refractivity contribution in [2.45, 2.75) is 57.3 Å². The Bertz CT molecular complexity index is 421. The molecule has 1 aromatic heterocycles. The number of aromatic nitrogens is 2. The summed E-state index contributed by atoms with van der Waals surface area (Å²) in [5, 5.41) is 0. The molecule has 1 aromatic rings. The van der Waals surface area contributed by atoms with Gasteiger partial charge in [0.2, 0.25) is 0 Å². The van der Waals surface area contributed by atoms with Crippen molar-refractivity contribution in [3.05, 3.63) is 23.3 Å². The van der Waals surface area contributed by atoms with Crippen LogP contribution in [0.5, 0.6) is 0 Å². The average Bonchev–Trinajstić information content (AvgIpc) is 2.76. The van der Waals surface area contributed by atoms with Gasteiger partial charge in [0.25, 0.3) is 0 Å². The Balaban J connectivity index is 1.88. The van der Waals surface area contributed by atoms with E-state index in [-0.39, 0.29) is 12.1 Å². The van der Waals surface area contributed by atoms with Crippen LogP contribution in [0.1, 0.15) is 61.8 Å². The van der Waals surface area contributed by atoms with Crippen LogP contribution >= 0.6 is 0 Å². The van der Waals surface area contributed by atoms with E-state index in [1.807, 2.05) is 6.20 Å². The maximum absolute atomic E-state index is 6.06. The molecule has 2 heterocycles. The number of fused-ring (bicyclic) bond motifs is 1. The van der Waals surface area contributed by atoms with E-state index < -0.39 is 0 Å². The summed E-state index contributed by atoms with van der Waals surface area (Å²) >= 11 is 0. The molecule has 3 rings (SSSR count). The molecule has 2 N–H and O–H groups in total. The predicted molar refractivity (Wildman–Crippen MR) is 64.4 cm³/mol. The minimum atomic E-state index is 0.0912. The van der Waals surface area contributed by atoms with Gasteiger partial charge in [-0.05, 0) is 39.0 Å². The summed E-state index contributed by atoms with van der Waals surface area (Å²) in [5.41, 5.74) is 8.33. The third kappa shape index (κ3) is 2.07. The lowest BCUT2D eigenvalue weighted by Crippen LogP contribution is -2.20. The number of hydrogen-bond acceptors (Lipinski definition) is 4. The molecule has 1 fully saturated rings. The largest absolute Gasteiger partial charge is 0.367 e. The quantitative estimate of drug-likeness (QED) is 0.806. The van der Waals surface area contributed by atoms with Gasteiger partial charge < -0.3 is 10.5 Å². The van der Waals surface area contributed by atoms with E-state index in [0.29, 0.717) is 6.10 Å². The van der Waals surface area contributed by atoms with Gasteiger partial charge >= 0.3 is 0 Å². The monoisotopic (exact) mass is 233 g/mol. The first kappa shape index (κ1) is 11.1. The Labute approximate surface area is 102 Å². The van der Waals surface area contributed by atoms with Crippen LogP contribution < -0.4 is 5.73 Å². The van der Waals surface area contributed by atoms with E-state index in [2.05, 4.69) is 16.9 Å². The molecule has 0 bridgehead atoms. The second kappa shape index (κ2) is 4.35. The average molecular weight is 233 g/mol. The van der Waals surface area contributed by atoms with Crippen molar-refractivity contribution in [2.75, 3.05) is 0 Å². The SMILES string of the molecule is CC1CCC(c2ncc3c(n2)CCCC3N)O1. The number of nitrogens with two attached hydrogens (primary N) is 1. The van der Waals surface area contributed by atoms with Crippen molar-refractivity contribution in [1.29, 1.82) is 0 Å². The van der Waals surface area contributed by atoms with E-state index in [4.69, 9.17) is 10.5 Å². The van der Waals surface area contributed by atoms with Crippen molar-refractivity contribution >= 4 is 0 Å². The van der Waals surface area contributed by atoms with Crippen molar-refractivity contribution < 1.29 is 4.74 Å². The minimum absolute atomic E-state index is 0.0912. The summed E-state index contributed by atoms with van der Waals surface area (Å²) in [6, 6.07) is 0.122. The highest BCUT2D eigenvalue weighted by molar-refractivity contribution is 5.24. The Kier molecular flexibility index (Phi) is 2.84. The molecule has 3 atom stereocenters. The van der Waals surface area contributed by atoms with Crippen molar-refractivity contribution in [1.82, 2.24) is 9.97 Å². The first-order valence-electron chi connectivity index (χ1n) is 6.51. The molecule has 0 spiro atoms. The van der Waals surface area contributed by atoms with E-state index in [1.165, 1.54) is 0 Å². The van der Waals surface area contributed by atoms with Crippen molar-refractivity contribution in [3.8, 4) is 0 Å². The number of aryl methyl sites for hydroxylation is 1. The van der Waals surface area contributed by atoms with Crippen LogP contribution in [0.3, 0.4) is 0 Å². The smallest absolute Gasteiger partial charge is 0.157 e. The standard InChI is InChI=1S/C13H19N3O/c1-8-5-6-12(17-8)13-15-7-9-10(14)3-2-4-11(9)16-13/h7-8,10,12H,2-6,14H2,1H3. The lowest BCUT2D eigenvalue weighted by atomic mass is 9.93. The van der Waals surface area contributed by atoms with Crippen LogP contribution in [-0.2, 0) is 11.2 Å². The van der Waals surface area contributed by atoms with Gasteiger partial charge in [0.1, 0.15) is 6.10 Å². The summed E-state index contributed by atoms with van der Waals surface area (Å²) in [7, 11) is 0. The zero-order valence-electron chi connectivity index (χ0n) is 10.2. The van der Waals surface area contributed by atoms with Crippen LogP contribution in [0.25, 0.3) is 0 Å². The number of ether oxygens (including phenoxy) is 1. The maximum atomic E-state index is 6.06. The van der Waals surface area contributed by atoms with Crippen LogP contribution in [0.15, 0.2) is 6.20 Å². The number of rotatable bonds is 1. The Morgan fingerprint density at radius 2 is 2.24 bits per heavy atom. The zero-order valence-corrected chi connectivity index (χ0v) is 10.2. The summed E-state index contributed by atoms with van der Waals surface area (Å²) in [6.07, 6.45) is 7.68. The molecule has 4 heteroatoms. The van der Waals surface area contributed by atoms with Crippen molar-refractivity contribution in [2.24, 2.45) is 5.73 Å². The van der Waals surface area contributed by atoms with Gasteiger partial charge in [-0.2, -0.15) is 0 Å². The molecule has 0 radical (unpaired) electrons. The van der Waals surface area contributed by atoms with E-state index in [1.54, 1.807) is 0 Å². The molecule has 17 heavy (non-hydrogen) atoms. The third-order valence-corrected chi connectivity index (χ3v) is 3.77. The van der Waals surface area contributed by atoms with Gasteiger partial charge in [0, 0.05) is 23.5 Å². The van der Waals surface area contributed by atoms with Crippen LogP contribution in [0, 0.1) is 0 Å². The third-order valence-electron chi connectivity index (χ3n) is 3.77. The first-order chi connectivity index (χ1) is 8.24. The summed E-state index contributed by atoms with van der Waals surface area (Å²) in [6.45, 7) is 2.11. The molecule has 2 aliphatic rings. The number of hydrogen-bond donors (Lipinski definition) is 1. The van der Waals surface area contributed by atoms with Crippen LogP contribution in [0.2, 0.25) is 0 Å². The van der Waals surface area contributed by atoms with Crippen molar-refractivity contribution in [3.63, 3.8) is 0 Å². The van der Waals surface area contributed by atoms with E-state index in [0.717, 1.165) is 49.2 Å². The number of nitrogens with zero attached hydrogens (tertiary/aromatic N) is 2. The molecule has 0 aromatic carbocycles. The fourth-order valence-electron chi connectivity index (χ4n) is 2.74. The summed E-state index contributed by atoms with van der Waals surface area (Å²) in [4.78, 5) is 9.11. The molecule has 0 saturated carbocycles. The molecular formula is C13H19N3O. The van der Waals surface area contributed by atoms with Crippen LogP contribution in [0.4, 0.5) is 0 Å². The lowest BCUT2D eigenvalue weighted by molar-refractivity contribution is 0.0500. The van der Waals surface area contributed by atoms with Gasteiger partial charge in [-0.15, -0.1) is 0 Å². The Morgan fingerprint density at radius 1 is 1.35 bits per heavy atom. The molecule has 92 valence electrons. The highest BCUT2D eigenvalue weighted by Crippen LogP contribution is 2.32. The fraction of sp³-hybridized carbons (Fsp3) is 0.692. The van der Waals surface area contributed by atoms with Crippen LogP contribution in [-0.4, -0.2) is 16.1 Å². The molecular weight excluding hydrogens is 214 g/mol. The second-order valence-corrected chi connectivity index (χ2v) is 5.14. The zero-order chi connectivity index (χ0) is 11.8. The first-order valence-corrected chi connectivity index (χ1v) is 6.51. The highest BCUT2D eigenvalue weighted by atomic mass is 16.5. The molecule has 1 aliphatic heterocycles. The predicted octanol–water partition coefficient (Wildman–Crippen LogP) is 2.05. The summed E-state index contributed by atoms with van der Waals surface area (Å²) in [5.74, 6) is 0.849. The van der Waals surface area contributed by atoms with Gasteiger partial charge in [0.15, 0.2) is 5.82 Å². The molecule has 4 nitrogen and oxygen atoms in total.